The zero-order valence-electron chi connectivity index (χ0n) is 8.63. The minimum absolute atomic E-state index is 0.144. The summed E-state index contributed by atoms with van der Waals surface area (Å²) in [5.74, 6) is 0.987. The Morgan fingerprint density at radius 3 is 3.24 bits per heavy atom. The molecule has 0 spiro atoms. The van der Waals surface area contributed by atoms with Crippen molar-refractivity contribution in [2.24, 2.45) is 5.73 Å². The number of aromatic nitrogens is 4. The van der Waals surface area contributed by atoms with Crippen molar-refractivity contribution >= 4 is 29.3 Å². The molecule has 0 unspecified atom stereocenters. The van der Waals surface area contributed by atoms with Gasteiger partial charge in [-0.05, 0) is 0 Å². The fourth-order valence-corrected chi connectivity index (χ4v) is 1.42. The van der Waals surface area contributed by atoms with Gasteiger partial charge in [0.05, 0.1) is 6.54 Å². The number of hydrogen-bond donors (Lipinski definition) is 2. The van der Waals surface area contributed by atoms with Crippen molar-refractivity contribution in [2.45, 2.75) is 0 Å². The number of rotatable bonds is 4. The number of ether oxygens (including phenoxy) is 1. The molecular formula is C8H9ClN6O2. The molecule has 2 aromatic rings. The first-order valence-electron chi connectivity index (χ1n) is 4.69. The van der Waals surface area contributed by atoms with Crippen molar-refractivity contribution in [3.8, 4) is 0 Å². The smallest absolute Gasteiger partial charge is 0.404 e. The fraction of sp³-hybridized carbons (Fsp3) is 0.250. The van der Waals surface area contributed by atoms with E-state index in [4.69, 9.17) is 17.3 Å². The van der Waals surface area contributed by atoms with Crippen molar-refractivity contribution in [1.82, 2.24) is 19.6 Å². The Hall–Kier alpha value is -2.09. The number of amides is 1. The van der Waals surface area contributed by atoms with E-state index in [1.165, 1.54) is 10.8 Å². The summed E-state index contributed by atoms with van der Waals surface area (Å²) in [6.07, 6.45) is 0.550. The van der Waals surface area contributed by atoms with Crippen molar-refractivity contribution in [2.75, 3.05) is 18.5 Å². The first-order valence-corrected chi connectivity index (χ1v) is 5.07. The van der Waals surface area contributed by atoms with Crippen molar-refractivity contribution in [3.05, 3.63) is 17.5 Å². The molecule has 1 amide bonds. The normalized spacial score (nSPS) is 10.4. The van der Waals surface area contributed by atoms with E-state index in [2.05, 4.69) is 25.1 Å². The lowest BCUT2D eigenvalue weighted by Gasteiger charge is -2.07. The predicted molar refractivity (Wildman–Crippen MR) is 59.8 cm³/mol. The molecule has 0 saturated heterocycles. The van der Waals surface area contributed by atoms with Gasteiger partial charge in [-0.2, -0.15) is 19.6 Å². The molecule has 9 heteroatoms. The zero-order chi connectivity index (χ0) is 12.3. The molecule has 3 N–H and O–H groups in total. The maximum Gasteiger partial charge on any atom is 0.404 e. The number of fused-ring (bicyclic) bond motifs is 1. The van der Waals surface area contributed by atoms with Crippen LogP contribution in [0.5, 0.6) is 0 Å². The van der Waals surface area contributed by atoms with E-state index in [1.807, 2.05) is 0 Å². The standard InChI is InChI=1S/C8H9ClN6O2/c9-5-3-6(11-1-2-17-7(10)16)15-8(14-5)12-4-13-15/h3-4,11H,1-2H2,(H2,10,16). The van der Waals surface area contributed by atoms with Gasteiger partial charge >= 0.3 is 6.09 Å². The second-order valence-electron chi connectivity index (χ2n) is 3.03. The molecule has 0 saturated carbocycles. The number of carbonyl (C=O) groups excluding carboxylic acids is 1. The van der Waals surface area contributed by atoms with E-state index in [1.54, 1.807) is 6.07 Å². The molecule has 0 aliphatic heterocycles. The van der Waals surface area contributed by atoms with E-state index in [-0.39, 0.29) is 6.61 Å². The number of halogens is 1. The fourth-order valence-electron chi connectivity index (χ4n) is 1.24. The first kappa shape index (κ1) is 11.4. The van der Waals surface area contributed by atoms with Crippen LogP contribution in [0, 0.1) is 0 Å². The van der Waals surface area contributed by atoms with Gasteiger partial charge in [0.1, 0.15) is 23.9 Å². The Bertz CT molecular complexity index is 542. The number of carbonyl (C=O) groups is 1. The molecule has 2 rings (SSSR count). The summed E-state index contributed by atoms with van der Waals surface area (Å²) in [6, 6.07) is 1.59. The Morgan fingerprint density at radius 1 is 1.65 bits per heavy atom. The van der Waals surface area contributed by atoms with Gasteiger partial charge in [0.2, 0.25) is 0 Å². The van der Waals surface area contributed by atoms with E-state index in [9.17, 15) is 4.79 Å². The third-order valence-corrected chi connectivity index (χ3v) is 2.07. The lowest BCUT2D eigenvalue weighted by molar-refractivity contribution is 0.161. The molecule has 2 heterocycles. The lowest BCUT2D eigenvalue weighted by atomic mass is 10.5. The van der Waals surface area contributed by atoms with E-state index < -0.39 is 6.09 Å². The molecule has 0 bridgehead atoms. The maximum atomic E-state index is 10.3. The molecule has 90 valence electrons. The van der Waals surface area contributed by atoms with E-state index in [0.717, 1.165) is 0 Å². The van der Waals surface area contributed by atoms with Gasteiger partial charge < -0.3 is 15.8 Å². The average Bonchev–Trinajstić information content (AvgIpc) is 2.71. The van der Waals surface area contributed by atoms with Gasteiger partial charge in [-0.25, -0.2) is 4.79 Å². The van der Waals surface area contributed by atoms with Crippen LogP contribution in [-0.2, 0) is 4.74 Å². The van der Waals surface area contributed by atoms with Crippen LogP contribution < -0.4 is 11.1 Å². The minimum atomic E-state index is -0.814. The summed E-state index contributed by atoms with van der Waals surface area (Å²) in [5.41, 5.74) is 4.82. The van der Waals surface area contributed by atoms with Gasteiger partial charge in [0.15, 0.2) is 0 Å². The molecule has 0 aliphatic carbocycles. The van der Waals surface area contributed by atoms with Crippen LogP contribution >= 0.6 is 11.6 Å². The van der Waals surface area contributed by atoms with Crippen LogP contribution in [-0.4, -0.2) is 38.8 Å². The SMILES string of the molecule is NC(=O)OCCNc1cc(Cl)nc2ncnn12. The van der Waals surface area contributed by atoms with Crippen LogP contribution in [0.1, 0.15) is 0 Å². The monoisotopic (exact) mass is 256 g/mol. The van der Waals surface area contributed by atoms with Crippen molar-refractivity contribution in [3.63, 3.8) is 0 Å². The maximum absolute atomic E-state index is 10.3. The van der Waals surface area contributed by atoms with Crippen LogP contribution in [0.2, 0.25) is 5.15 Å². The highest BCUT2D eigenvalue weighted by atomic mass is 35.5. The molecule has 2 aromatic heterocycles. The topological polar surface area (TPSA) is 107 Å². The van der Waals surface area contributed by atoms with Crippen LogP contribution in [0.25, 0.3) is 5.78 Å². The molecule has 17 heavy (non-hydrogen) atoms. The van der Waals surface area contributed by atoms with Crippen molar-refractivity contribution in [1.29, 1.82) is 0 Å². The molecule has 0 atom stereocenters. The summed E-state index contributed by atoms with van der Waals surface area (Å²) in [5, 5.41) is 7.23. The van der Waals surface area contributed by atoms with Crippen LogP contribution in [0.15, 0.2) is 12.4 Å². The Labute approximate surface area is 101 Å². The number of anilines is 1. The second-order valence-corrected chi connectivity index (χ2v) is 3.42. The molecule has 0 aliphatic rings. The average molecular weight is 257 g/mol. The number of primary amides is 1. The highest BCUT2D eigenvalue weighted by Gasteiger charge is 2.05. The Kier molecular flexibility index (Phi) is 3.24. The molecule has 8 nitrogen and oxygen atoms in total. The van der Waals surface area contributed by atoms with Gasteiger partial charge in [-0.3, -0.25) is 0 Å². The number of nitrogens with one attached hydrogen (secondary N) is 1. The van der Waals surface area contributed by atoms with Gasteiger partial charge in [-0.15, -0.1) is 0 Å². The molecular weight excluding hydrogens is 248 g/mol. The van der Waals surface area contributed by atoms with Gasteiger partial charge in [0, 0.05) is 6.07 Å². The van der Waals surface area contributed by atoms with Gasteiger partial charge in [-0.1, -0.05) is 11.6 Å². The van der Waals surface area contributed by atoms with Crippen LogP contribution in [0.4, 0.5) is 10.6 Å². The Balaban J connectivity index is 2.07. The third-order valence-electron chi connectivity index (χ3n) is 1.87. The predicted octanol–water partition coefficient (Wildman–Crippen LogP) is 0.285. The summed E-state index contributed by atoms with van der Waals surface area (Å²) < 4.78 is 6.05. The van der Waals surface area contributed by atoms with Crippen LogP contribution in [0.3, 0.4) is 0 Å². The van der Waals surface area contributed by atoms with E-state index >= 15 is 0 Å². The zero-order valence-corrected chi connectivity index (χ0v) is 9.39. The molecule has 0 fully saturated rings. The summed E-state index contributed by atoms with van der Waals surface area (Å²) in [7, 11) is 0. The summed E-state index contributed by atoms with van der Waals surface area (Å²) in [4.78, 5) is 18.2. The highest BCUT2D eigenvalue weighted by molar-refractivity contribution is 6.29. The molecule has 0 aromatic carbocycles. The third kappa shape index (κ3) is 2.72. The quantitative estimate of drug-likeness (QED) is 0.601. The minimum Gasteiger partial charge on any atom is -0.448 e. The number of hydrogen-bond acceptors (Lipinski definition) is 6. The number of nitrogens with two attached hydrogens (primary N) is 1. The van der Waals surface area contributed by atoms with Gasteiger partial charge in [0.25, 0.3) is 5.78 Å². The van der Waals surface area contributed by atoms with Crippen molar-refractivity contribution < 1.29 is 9.53 Å². The summed E-state index contributed by atoms with van der Waals surface area (Å²) in [6.45, 7) is 0.518. The largest absolute Gasteiger partial charge is 0.448 e. The van der Waals surface area contributed by atoms with E-state index in [0.29, 0.717) is 23.3 Å². The lowest BCUT2D eigenvalue weighted by Crippen LogP contribution is -2.19. The summed E-state index contributed by atoms with van der Waals surface area (Å²) >= 11 is 5.81. The number of nitrogens with zero attached hydrogens (tertiary/aromatic N) is 4. The highest BCUT2D eigenvalue weighted by Crippen LogP contribution is 2.13. The molecule has 0 radical (unpaired) electrons. The first-order chi connectivity index (χ1) is 8.16. The second kappa shape index (κ2) is 4.83. The Morgan fingerprint density at radius 2 is 2.47 bits per heavy atom.